The van der Waals surface area contributed by atoms with Crippen LogP contribution in [-0.4, -0.2) is 69.7 Å². The number of pyridine rings is 2. The number of anilines is 2. The quantitative estimate of drug-likeness (QED) is 0.368. The Morgan fingerprint density at radius 3 is 2.64 bits per heavy atom. The van der Waals surface area contributed by atoms with Crippen LogP contribution in [0, 0.1) is 11.6 Å². The summed E-state index contributed by atoms with van der Waals surface area (Å²) in [5, 5.41) is 3.57. The lowest BCUT2D eigenvalue weighted by Gasteiger charge is -2.35. The van der Waals surface area contributed by atoms with Crippen molar-refractivity contribution in [3.63, 3.8) is 0 Å². The van der Waals surface area contributed by atoms with Crippen molar-refractivity contribution in [1.82, 2.24) is 24.4 Å². The summed E-state index contributed by atoms with van der Waals surface area (Å²) >= 11 is 0. The van der Waals surface area contributed by atoms with E-state index in [9.17, 15) is 9.59 Å². The van der Waals surface area contributed by atoms with E-state index >= 15 is 8.78 Å². The van der Waals surface area contributed by atoms with Gasteiger partial charge in [-0.25, -0.2) is 23.1 Å². The molecule has 0 unspecified atom stereocenters. The van der Waals surface area contributed by atoms with Crippen LogP contribution in [-0.2, 0) is 4.79 Å². The number of carbonyl (C=O) groups excluding carboxylic acids is 1. The van der Waals surface area contributed by atoms with E-state index in [4.69, 9.17) is 4.74 Å². The lowest BCUT2D eigenvalue weighted by molar-refractivity contribution is -0.126. The number of aromatic nitrogens is 4. The van der Waals surface area contributed by atoms with Gasteiger partial charge in [0.2, 0.25) is 5.91 Å². The van der Waals surface area contributed by atoms with Crippen molar-refractivity contribution >= 4 is 28.4 Å². The molecule has 3 aromatic heterocycles. The van der Waals surface area contributed by atoms with Crippen molar-refractivity contribution in [2.24, 2.45) is 0 Å². The molecule has 0 radical (unpaired) electrons. The van der Waals surface area contributed by atoms with Gasteiger partial charge in [-0.15, -0.1) is 0 Å². The SMILES string of the molecule is C=CC(=O)N1CCN(c2nc(=O)n3c4nc(c(F)cc24)-c2c(F)cccc2OCCNc2ccnc(C(C)C)c2-3)CC1. The van der Waals surface area contributed by atoms with E-state index in [1.54, 1.807) is 23.2 Å². The Balaban J connectivity index is 1.66. The average Bonchev–Trinajstić information content (AvgIpc) is 2.98. The second-order valence-corrected chi connectivity index (χ2v) is 10.4. The highest BCUT2D eigenvalue weighted by Crippen LogP contribution is 2.38. The van der Waals surface area contributed by atoms with Crippen molar-refractivity contribution in [1.29, 1.82) is 0 Å². The molecule has 0 aliphatic carbocycles. The standard InChI is InChI=1S/C30H29F2N7O3/c1-4-23(40)37-11-13-38(14-12-37)28-18-16-20(32)26-24-19(31)6-5-7-22(24)42-15-10-33-21-8-9-34-25(17(2)3)27(21)39(29(18)35-26)30(41)36-28/h4-9,16-17,33H,1,10-15H2,2-3H3. The molecular weight excluding hydrogens is 544 g/mol. The van der Waals surface area contributed by atoms with Crippen LogP contribution >= 0.6 is 0 Å². The minimum Gasteiger partial charge on any atom is -0.491 e. The van der Waals surface area contributed by atoms with Crippen LogP contribution in [0.15, 0.2) is 54.0 Å². The summed E-state index contributed by atoms with van der Waals surface area (Å²) in [7, 11) is 0. The third kappa shape index (κ3) is 4.62. The zero-order chi connectivity index (χ0) is 29.5. The summed E-state index contributed by atoms with van der Waals surface area (Å²) in [6.45, 7) is 9.35. The molecule has 1 aromatic carbocycles. The van der Waals surface area contributed by atoms with Gasteiger partial charge in [0.15, 0.2) is 11.5 Å². The monoisotopic (exact) mass is 573 g/mol. The number of carbonyl (C=O) groups is 1. The fraction of sp³-hybridized carbons (Fsp3) is 0.300. The number of fused-ring (bicyclic) bond motifs is 5. The largest absolute Gasteiger partial charge is 0.491 e. The third-order valence-corrected chi connectivity index (χ3v) is 7.48. The molecule has 4 aromatic rings. The molecule has 1 saturated heterocycles. The van der Waals surface area contributed by atoms with Gasteiger partial charge in [0.25, 0.3) is 0 Å². The Bertz CT molecular complexity index is 1780. The lowest BCUT2D eigenvalue weighted by Crippen LogP contribution is -2.49. The molecule has 12 heteroatoms. The minimum atomic E-state index is -0.795. The van der Waals surface area contributed by atoms with Gasteiger partial charge in [0.05, 0.1) is 28.0 Å². The van der Waals surface area contributed by atoms with Crippen molar-refractivity contribution in [2.75, 3.05) is 49.5 Å². The molecule has 6 rings (SSSR count). The first kappa shape index (κ1) is 27.3. The van der Waals surface area contributed by atoms with Gasteiger partial charge < -0.3 is 19.9 Å². The van der Waals surface area contributed by atoms with Crippen molar-refractivity contribution in [3.8, 4) is 22.7 Å². The third-order valence-electron chi connectivity index (χ3n) is 7.48. The number of hydrogen-bond acceptors (Lipinski definition) is 8. The maximum Gasteiger partial charge on any atom is 0.355 e. The van der Waals surface area contributed by atoms with Gasteiger partial charge in [-0.05, 0) is 36.3 Å². The first-order chi connectivity index (χ1) is 20.3. The van der Waals surface area contributed by atoms with Crippen LogP contribution in [0.5, 0.6) is 5.75 Å². The van der Waals surface area contributed by atoms with Crippen LogP contribution in [0.3, 0.4) is 0 Å². The van der Waals surface area contributed by atoms with Crippen LogP contribution in [0.2, 0.25) is 0 Å². The number of ether oxygens (including phenoxy) is 1. The molecule has 2 aliphatic rings. The van der Waals surface area contributed by atoms with Gasteiger partial charge in [-0.3, -0.25) is 9.78 Å². The molecule has 1 N–H and O–H groups in total. The van der Waals surface area contributed by atoms with E-state index < -0.39 is 17.3 Å². The Morgan fingerprint density at radius 2 is 1.90 bits per heavy atom. The highest BCUT2D eigenvalue weighted by Gasteiger charge is 2.29. The fourth-order valence-electron chi connectivity index (χ4n) is 5.46. The maximum atomic E-state index is 16.0. The fourth-order valence-corrected chi connectivity index (χ4v) is 5.46. The maximum absolute atomic E-state index is 16.0. The highest BCUT2D eigenvalue weighted by molar-refractivity contribution is 5.92. The van der Waals surface area contributed by atoms with Gasteiger partial charge in [-0.1, -0.05) is 26.5 Å². The van der Waals surface area contributed by atoms with Crippen molar-refractivity contribution in [2.45, 2.75) is 19.8 Å². The molecule has 1 amide bonds. The molecule has 1 fully saturated rings. The van der Waals surface area contributed by atoms with Gasteiger partial charge >= 0.3 is 5.69 Å². The van der Waals surface area contributed by atoms with E-state index in [-0.39, 0.29) is 52.3 Å². The van der Waals surface area contributed by atoms with Gasteiger partial charge in [0.1, 0.15) is 29.7 Å². The molecule has 42 heavy (non-hydrogen) atoms. The Kier molecular flexibility index (Phi) is 7.05. The predicted molar refractivity (Wildman–Crippen MR) is 155 cm³/mol. The number of amides is 1. The average molecular weight is 574 g/mol. The van der Waals surface area contributed by atoms with Crippen molar-refractivity contribution < 1.29 is 18.3 Å². The number of hydrogen-bond donors (Lipinski definition) is 1. The van der Waals surface area contributed by atoms with E-state index in [0.717, 1.165) is 0 Å². The number of benzene rings is 1. The number of rotatable bonds is 3. The first-order valence-electron chi connectivity index (χ1n) is 13.7. The van der Waals surface area contributed by atoms with E-state index in [1.807, 2.05) is 18.7 Å². The van der Waals surface area contributed by atoms with Crippen LogP contribution in [0.25, 0.3) is 28.0 Å². The van der Waals surface area contributed by atoms with E-state index in [2.05, 4.69) is 26.8 Å². The zero-order valence-electron chi connectivity index (χ0n) is 23.2. The second kappa shape index (κ2) is 10.8. The van der Waals surface area contributed by atoms with Crippen molar-refractivity contribution in [3.05, 3.63) is 77.0 Å². The molecule has 10 nitrogen and oxygen atoms in total. The van der Waals surface area contributed by atoms with Gasteiger partial charge in [0, 0.05) is 38.9 Å². The normalized spacial score (nSPS) is 14.9. The zero-order valence-corrected chi connectivity index (χ0v) is 23.2. The molecule has 2 bridgehead atoms. The number of piperazine rings is 1. The minimum absolute atomic E-state index is 0.0960. The van der Waals surface area contributed by atoms with Crippen LogP contribution in [0.1, 0.15) is 25.5 Å². The molecule has 216 valence electrons. The first-order valence-corrected chi connectivity index (χ1v) is 13.7. The van der Waals surface area contributed by atoms with Crippen LogP contribution in [0.4, 0.5) is 20.3 Å². The highest BCUT2D eigenvalue weighted by atomic mass is 19.1. The smallest absolute Gasteiger partial charge is 0.355 e. The molecule has 0 spiro atoms. The van der Waals surface area contributed by atoms with E-state index in [0.29, 0.717) is 49.8 Å². The predicted octanol–water partition coefficient (Wildman–Crippen LogP) is 3.88. The number of nitrogens with zero attached hydrogens (tertiary/aromatic N) is 6. The van der Waals surface area contributed by atoms with Gasteiger partial charge in [-0.2, -0.15) is 4.98 Å². The molecule has 5 heterocycles. The molecular formula is C30H29F2N7O3. The lowest BCUT2D eigenvalue weighted by atomic mass is 10.1. The molecule has 0 saturated carbocycles. The Morgan fingerprint density at radius 1 is 1.12 bits per heavy atom. The summed E-state index contributed by atoms with van der Waals surface area (Å²) in [4.78, 5) is 43.2. The summed E-state index contributed by atoms with van der Waals surface area (Å²) in [6, 6.07) is 7.23. The molecule has 0 atom stereocenters. The second-order valence-electron chi connectivity index (χ2n) is 10.4. The summed E-state index contributed by atoms with van der Waals surface area (Å²) in [5.41, 5.74) is 0.661. The number of halogens is 2. The summed E-state index contributed by atoms with van der Waals surface area (Å²) < 4.78 is 38.5. The molecule has 2 aliphatic heterocycles. The topological polar surface area (TPSA) is 105 Å². The summed E-state index contributed by atoms with van der Waals surface area (Å²) in [5.74, 6) is -1.43. The Hall–Kier alpha value is -4.87. The summed E-state index contributed by atoms with van der Waals surface area (Å²) in [6.07, 6.45) is 2.91. The van der Waals surface area contributed by atoms with E-state index in [1.165, 1.54) is 28.8 Å². The number of nitrogens with one attached hydrogen (secondary N) is 1. The van der Waals surface area contributed by atoms with Crippen LogP contribution < -0.4 is 20.6 Å². The Labute approximate surface area is 240 Å².